The normalized spacial score (nSPS) is 10.6. The van der Waals surface area contributed by atoms with Crippen molar-refractivity contribution in [2.45, 2.75) is 13.5 Å². The van der Waals surface area contributed by atoms with E-state index in [0.29, 0.717) is 18.1 Å². The monoisotopic (exact) mass is 340 g/mol. The van der Waals surface area contributed by atoms with E-state index in [1.807, 2.05) is 30.3 Å². The van der Waals surface area contributed by atoms with Crippen LogP contribution in [0.25, 0.3) is 0 Å². The van der Waals surface area contributed by atoms with Crippen LogP contribution in [-0.2, 0) is 13.6 Å². The molecule has 128 valence electrons. The van der Waals surface area contributed by atoms with Crippen molar-refractivity contribution in [2.75, 3.05) is 5.32 Å². The van der Waals surface area contributed by atoms with Crippen LogP contribution in [0, 0.1) is 17.0 Å². The Morgan fingerprint density at radius 1 is 1.24 bits per heavy atom. The minimum absolute atomic E-state index is 0.234. The Labute approximate surface area is 143 Å². The fraction of sp³-hybridized carbons (Fsp3) is 0.188. The molecule has 0 aliphatic heterocycles. The fourth-order valence-corrected chi connectivity index (χ4v) is 2.43. The standard InChI is InChI=1S/C16H16N6O3/c1-11-15(22(24)25)14(19-20(11)2)16(23)17-13-8-9-21(18-13)10-12-6-4-3-5-7-12/h3-9H,10H2,1-2H3,(H,17,18,23). The fourth-order valence-electron chi connectivity index (χ4n) is 2.43. The van der Waals surface area contributed by atoms with Crippen LogP contribution in [0.1, 0.15) is 21.7 Å². The Morgan fingerprint density at radius 2 is 1.96 bits per heavy atom. The highest BCUT2D eigenvalue weighted by Crippen LogP contribution is 2.22. The zero-order valence-electron chi connectivity index (χ0n) is 13.7. The van der Waals surface area contributed by atoms with Gasteiger partial charge in [0, 0.05) is 19.3 Å². The van der Waals surface area contributed by atoms with Gasteiger partial charge in [0.05, 0.1) is 11.5 Å². The number of hydrogen-bond donors (Lipinski definition) is 1. The lowest BCUT2D eigenvalue weighted by Crippen LogP contribution is -2.15. The minimum atomic E-state index is -0.666. The average molecular weight is 340 g/mol. The summed E-state index contributed by atoms with van der Waals surface area (Å²) >= 11 is 0. The predicted octanol–water partition coefficient (Wildman–Crippen LogP) is 2.13. The number of aromatic nitrogens is 4. The van der Waals surface area contributed by atoms with Crippen molar-refractivity contribution in [1.29, 1.82) is 0 Å². The van der Waals surface area contributed by atoms with E-state index in [1.54, 1.807) is 24.0 Å². The Kier molecular flexibility index (Phi) is 4.29. The van der Waals surface area contributed by atoms with Gasteiger partial charge in [0.25, 0.3) is 5.91 Å². The van der Waals surface area contributed by atoms with Crippen LogP contribution in [0.2, 0.25) is 0 Å². The summed E-state index contributed by atoms with van der Waals surface area (Å²) in [5, 5.41) is 21.9. The SMILES string of the molecule is Cc1c([N+](=O)[O-])c(C(=O)Nc2ccn(Cc3ccccc3)n2)nn1C. The van der Waals surface area contributed by atoms with Gasteiger partial charge in [-0.15, -0.1) is 0 Å². The zero-order valence-corrected chi connectivity index (χ0v) is 13.7. The number of nitrogens with zero attached hydrogens (tertiary/aromatic N) is 5. The third-order valence-corrected chi connectivity index (χ3v) is 3.77. The van der Waals surface area contributed by atoms with Gasteiger partial charge >= 0.3 is 5.69 Å². The Hall–Kier alpha value is -3.49. The molecule has 0 saturated heterocycles. The summed E-state index contributed by atoms with van der Waals surface area (Å²) in [7, 11) is 1.55. The Bertz CT molecular complexity index is 929. The lowest BCUT2D eigenvalue weighted by Gasteiger charge is -2.02. The van der Waals surface area contributed by atoms with Gasteiger partial charge in [0.2, 0.25) is 5.69 Å². The summed E-state index contributed by atoms with van der Waals surface area (Å²) in [6.07, 6.45) is 1.72. The number of carbonyl (C=O) groups excluding carboxylic acids is 1. The molecule has 1 N–H and O–H groups in total. The van der Waals surface area contributed by atoms with Crippen molar-refractivity contribution in [2.24, 2.45) is 7.05 Å². The van der Waals surface area contributed by atoms with E-state index >= 15 is 0 Å². The number of amides is 1. The molecule has 9 heteroatoms. The van der Waals surface area contributed by atoms with Crippen LogP contribution in [0.4, 0.5) is 11.5 Å². The van der Waals surface area contributed by atoms with Gasteiger partial charge in [0.15, 0.2) is 5.82 Å². The second kappa shape index (κ2) is 6.56. The molecule has 2 aromatic heterocycles. The molecule has 0 fully saturated rings. The highest BCUT2D eigenvalue weighted by Gasteiger charge is 2.29. The van der Waals surface area contributed by atoms with E-state index in [2.05, 4.69) is 15.5 Å². The van der Waals surface area contributed by atoms with Crippen molar-refractivity contribution < 1.29 is 9.72 Å². The lowest BCUT2D eigenvalue weighted by atomic mass is 10.2. The maximum atomic E-state index is 12.3. The van der Waals surface area contributed by atoms with E-state index in [9.17, 15) is 14.9 Å². The summed E-state index contributed by atoms with van der Waals surface area (Å²) in [4.78, 5) is 22.9. The maximum absolute atomic E-state index is 12.3. The molecule has 2 heterocycles. The summed E-state index contributed by atoms with van der Waals surface area (Å²) < 4.78 is 2.98. The van der Waals surface area contributed by atoms with Gasteiger partial charge in [-0.25, -0.2) is 0 Å². The maximum Gasteiger partial charge on any atom is 0.322 e. The molecule has 0 saturated carbocycles. The highest BCUT2D eigenvalue weighted by atomic mass is 16.6. The molecule has 0 atom stereocenters. The van der Waals surface area contributed by atoms with Crippen molar-refractivity contribution in [1.82, 2.24) is 19.6 Å². The number of nitrogens with one attached hydrogen (secondary N) is 1. The first-order chi connectivity index (χ1) is 12.0. The topological polar surface area (TPSA) is 108 Å². The molecule has 0 bridgehead atoms. The molecular formula is C16H16N6O3. The van der Waals surface area contributed by atoms with Gasteiger partial charge < -0.3 is 5.32 Å². The Balaban J connectivity index is 1.76. The molecule has 25 heavy (non-hydrogen) atoms. The van der Waals surface area contributed by atoms with E-state index in [4.69, 9.17) is 0 Å². The third kappa shape index (κ3) is 3.39. The van der Waals surface area contributed by atoms with E-state index in [0.717, 1.165) is 5.56 Å². The van der Waals surface area contributed by atoms with Crippen molar-refractivity contribution >= 4 is 17.4 Å². The first-order valence-corrected chi connectivity index (χ1v) is 7.52. The molecule has 0 radical (unpaired) electrons. The lowest BCUT2D eigenvalue weighted by molar-refractivity contribution is -0.385. The highest BCUT2D eigenvalue weighted by molar-refractivity contribution is 6.05. The van der Waals surface area contributed by atoms with Crippen LogP contribution in [-0.4, -0.2) is 30.4 Å². The van der Waals surface area contributed by atoms with Crippen LogP contribution in [0.15, 0.2) is 42.6 Å². The van der Waals surface area contributed by atoms with Gasteiger partial charge in [-0.05, 0) is 12.5 Å². The second-order valence-corrected chi connectivity index (χ2v) is 5.50. The first-order valence-electron chi connectivity index (χ1n) is 7.52. The van der Waals surface area contributed by atoms with Crippen molar-refractivity contribution in [3.63, 3.8) is 0 Å². The number of aryl methyl sites for hydroxylation is 1. The second-order valence-electron chi connectivity index (χ2n) is 5.50. The molecule has 0 aliphatic carbocycles. The van der Waals surface area contributed by atoms with Crippen LogP contribution < -0.4 is 5.32 Å². The molecular weight excluding hydrogens is 324 g/mol. The van der Waals surface area contributed by atoms with Gasteiger partial charge in [-0.1, -0.05) is 30.3 Å². The van der Waals surface area contributed by atoms with Gasteiger partial charge in [-0.3, -0.25) is 24.3 Å². The number of hydrogen-bond acceptors (Lipinski definition) is 5. The smallest absolute Gasteiger partial charge is 0.303 e. The minimum Gasteiger partial charge on any atom is -0.303 e. The van der Waals surface area contributed by atoms with E-state index in [1.165, 1.54) is 11.6 Å². The predicted molar refractivity (Wildman–Crippen MR) is 90.3 cm³/mol. The molecule has 3 rings (SSSR count). The zero-order chi connectivity index (χ0) is 18.0. The van der Waals surface area contributed by atoms with Gasteiger partial charge in [-0.2, -0.15) is 10.2 Å². The van der Waals surface area contributed by atoms with Crippen molar-refractivity contribution in [3.05, 3.63) is 69.7 Å². The number of carbonyl (C=O) groups is 1. The summed E-state index contributed by atoms with van der Waals surface area (Å²) in [6.45, 7) is 2.09. The number of anilines is 1. The molecule has 9 nitrogen and oxygen atoms in total. The molecule has 3 aromatic rings. The first kappa shape index (κ1) is 16.4. The Morgan fingerprint density at radius 3 is 2.64 bits per heavy atom. The van der Waals surface area contributed by atoms with Crippen LogP contribution in [0.5, 0.6) is 0 Å². The number of rotatable bonds is 5. The summed E-state index contributed by atoms with van der Waals surface area (Å²) in [5.41, 5.74) is 0.843. The van der Waals surface area contributed by atoms with E-state index < -0.39 is 10.8 Å². The van der Waals surface area contributed by atoms with Crippen molar-refractivity contribution in [3.8, 4) is 0 Å². The molecule has 1 aromatic carbocycles. The third-order valence-electron chi connectivity index (χ3n) is 3.77. The summed E-state index contributed by atoms with van der Waals surface area (Å²) in [6, 6.07) is 11.4. The molecule has 0 unspecified atom stereocenters. The average Bonchev–Trinajstić information content (AvgIpc) is 3.13. The quantitative estimate of drug-likeness (QED) is 0.565. The molecule has 0 spiro atoms. The molecule has 0 aliphatic rings. The largest absolute Gasteiger partial charge is 0.322 e. The summed E-state index contributed by atoms with van der Waals surface area (Å²) in [5.74, 6) is -0.362. The van der Waals surface area contributed by atoms with E-state index in [-0.39, 0.29) is 11.4 Å². The number of nitro groups is 1. The van der Waals surface area contributed by atoms with Crippen LogP contribution in [0.3, 0.4) is 0 Å². The van der Waals surface area contributed by atoms with Crippen LogP contribution >= 0.6 is 0 Å². The molecule has 1 amide bonds. The van der Waals surface area contributed by atoms with Gasteiger partial charge in [0.1, 0.15) is 5.69 Å². The number of benzene rings is 1.